The van der Waals surface area contributed by atoms with Crippen molar-refractivity contribution in [2.24, 2.45) is 0 Å². The lowest BCUT2D eigenvalue weighted by molar-refractivity contribution is -0.000668. The summed E-state index contributed by atoms with van der Waals surface area (Å²) in [4.78, 5) is 0. The van der Waals surface area contributed by atoms with Gasteiger partial charge in [-0.3, -0.25) is 0 Å². The summed E-state index contributed by atoms with van der Waals surface area (Å²) in [5.41, 5.74) is 0.433. The molecule has 1 aromatic rings. The van der Waals surface area contributed by atoms with E-state index in [1.165, 1.54) is 6.42 Å². The van der Waals surface area contributed by atoms with E-state index in [1.807, 2.05) is 38.1 Å². The molecule has 2 rings (SSSR count). The Morgan fingerprint density at radius 3 is 2.18 bits per heavy atom. The molecule has 0 spiro atoms. The molecule has 0 atom stereocenters. The monoisotopic (exact) mass is 234 g/mol. The van der Waals surface area contributed by atoms with Crippen LogP contribution in [0, 0.1) is 0 Å². The lowest BCUT2D eigenvalue weighted by Gasteiger charge is -2.32. The van der Waals surface area contributed by atoms with E-state index in [0.717, 1.165) is 37.0 Å². The normalized spacial score (nSPS) is 19.3. The number of aliphatic hydroxyl groups is 1. The molecule has 0 radical (unpaired) electrons. The van der Waals surface area contributed by atoms with Crippen LogP contribution in [0.15, 0.2) is 24.3 Å². The summed E-state index contributed by atoms with van der Waals surface area (Å²) in [7, 11) is 0. The highest BCUT2D eigenvalue weighted by Crippen LogP contribution is 2.37. The fourth-order valence-corrected chi connectivity index (χ4v) is 2.54. The van der Waals surface area contributed by atoms with Crippen molar-refractivity contribution in [2.45, 2.75) is 57.7 Å². The third-order valence-corrected chi connectivity index (χ3v) is 3.44. The Morgan fingerprint density at radius 1 is 1.06 bits per heavy atom. The Hall–Kier alpha value is -1.02. The predicted molar refractivity (Wildman–Crippen MR) is 69.2 cm³/mol. The van der Waals surface area contributed by atoms with Crippen LogP contribution in [0.5, 0.6) is 5.75 Å². The quantitative estimate of drug-likeness (QED) is 0.865. The zero-order chi connectivity index (χ0) is 12.3. The molecule has 0 amide bonds. The van der Waals surface area contributed by atoms with Crippen molar-refractivity contribution in [1.82, 2.24) is 0 Å². The minimum atomic E-state index is -0.603. The zero-order valence-electron chi connectivity index (χ0n) is 10.8. The maximum atomic E-state index is 10.6. The van der Waals surface area contributed by atoms with Crippen molar-refractivity contribution in [3.63, 3.8) is 0 Å². The molecule has 2 heteroatoms. The van der Waals surface area contributed by atoms with Crippen molar-refractivity contribution >= 4 is 0 Å². The van der Waals surface area contributed by atoms with E-state index >= 15 is 0 Å². The number of hydrogen-bond acceptors (Lipinski definition) is 2. The van der Waals surface area contributed by atoms with Gasteiger partial charge in [-0.05, 0) is 44.4 Å². The largest absolute Gasteiger partial charge is 0.491 e. The van der Waals surface area contributed by atoms with Crippen LogP contribution < -0.4 is 4.74 Å². The second-order valence-electron chi connectivity index (χ2n) is 5.28. The molecule has 1 aliphatic carbocycles. The molecule has 1 N–H and O–H groups in total. The third kappa shape index (κ3) is 3.01. The first-order valence-electron chi connectivity index (χ1n) is 6.60. The maximum absolute atomic E-state index is 10.6. The van der Waals surface area contributed by atoms with Gasteiger partial charge in [0.15, 0.2) is 0 Å². The van der Waals surface area contributed by atoms with Gasteiger partial charge in [-0.15, -0.1) is 0 Å². The van der Waals surface area contributed by atoms with Gasteiger partial charge in [-0.1, -0.05) is 31.4 Å². The summed E-state index contributed by atoms with van der Waals surface area (Å²) >= 11 is 0. The summed E-state index contributed by atoms with van der Waals surface area (Å²) in [6, 6.07) is 7.93. The fraction of sp³-hybridized carbons (Fsp3) is 0.600. The number of rotatable bonds is 3. The summed E-state index contributed by atoms with van der Waals surface area (Å²) in [5.74, 6) is 0.878. The van der Waals surface area contributed by atoms with E-state index in [0.29, 0.717) is 0 Å². The minimum absolute atomic E-state index is 0.193. The van der Waals surface area contributed by atoms with Crippen LogP contribution in [-0.4, -0.2) is 11.2 Å². The molecule has 1 saturated carbocycles. The van der Waals surface area contributed by atoms with Crippen molar-refractivity contribution in [3.8, 4) is 5.75 Å². The van der Waals surface area contributed by atoms with Crippen molar-refractivity contribution in [2.75, 3.05) is 0 Å². The molecule has 2 nitrogen and oxygen atoms in total. The molecule has 94 valence electrons. The van der Waals surface area contributed by atoms with Gasteiger partial charge < -0.3 is 9.84 Å². The van der Waals surface area contributed by atoms with Gasteiger partial charge in [0.05, 0.1) is 11.7 Å². The van der Waals surface area contributed by atoms with Gasteiger partial charge in [0.1, 0.15) is 5.75 Å². The SMILES string of the molecule is CC(C)Oc1ccc(C2(O)CCCCC2)cc1. The lowest BCUT2D eigenvalue weighted by Crippen LogP contribution is -2.28. The van der Waals surface area contributed by atoms with E-state index in [9.17, 15) is 5.11 Å². The van der Waals surface area contributed by atoms with Crippen LogP contribution in [0.25, 0.3) is 0 Å². The van der Waals surface area contributed by atoms with Gasteiger partial charge in [0.2, 0.25) is 0 Å². The van der Waals surface area contributed by atoms with Crippen LogP contribution >= 0.6 is 0 Å². The minimum Gasteiger partial charge on any atom is -0.491 e. The predicted octanol–water partition coefficient (Wildman–Crippen LogP) is 3.63. The average molecular weight is 234 g/mol. The zero-order valence-corrected chi connectivity index (χ0v) is 10.8. The van der Waals surface area contributed by atoms with Crippen LogP contribution in [-0.2, 0) is 5.60 Å². The molecule has 0 aliphatic heterocycles. The highest BCUT2D eigenvalue weighted by molar-refractivity contribution is 5.31. The molecule has 0 heterocycles. The van der Waals surface area contributed by atoms with Crippen molar-refractivity contribution in [1.29, 1.82) is 0 Å². The van der Waals surface area contributed by atoms with Gasteiger partial charge in [0, 0.05) is 0 Å². The maximum Gasteiger partial charge on any atom is 0.119 e. The van der Waals surface area contributed by atoms with E-state index in [4.69, 9.17) is 4.74 Å². The first kappa shape index (κ1) is 12.4. The van der Waals surface area contributed by atoms with Gasteiger partial charge >= 0.3 is 0 Å². The summed E-state index contributed by atoms with van der Waals surface area (Å²) in [5, 5.41) is 10.6. The Kier molecular flexibility index (Phi) is 3.72. The first-order valence-corrected chi connectivity index (χ1v) is 6.60. The Bertz CT molecular complexity index is 348. The molecule has 0 saturated heterocycles. The molecule has 0 unspecified atom stereocenters. The summed E-state index contributed by atoms with van der Waals surface area (Å²) < 4.78 is 5.61. The second-order valence-corrected chi connectivity index (χ2v) is 5.28. The molecule has 0 aromatic heterocycles. The lowest BCUT2D eigenvalue weighted by atomic mass is 9.80. The van der Waals surface area contributed by atoms with Gasteiger partial charge in [0.25, 0.3) is 0 Å². The average Bonchev–Trinajstić information content (AvgIpc) is 2.30. The van der Waals surface area contributed by atoms with Crippen LogP contribution in [0.4, 0.5) is 0 Å². The van der Waals surface area contributed by atoms with E-state index < -0.39 is 5.60 Å². The smallest absolute Gasteiger partial charge is 0.119 e. The Labute approximate surface area is 104 Å². The van der Waals surface area contributed by atoms with Crippen LogP contribution in [0.1, 0.15) is 51.5 Å². The van der Waals surface area contributed by atoms with Gasteiger partial charge in [-0.25, -0.2) is 0 Å². The molecule has 1 aromatic carbocycles. The number of benzene rings is 1. The van der Waals surface area contributed by atoms with Crippen LogP contribution in [0.2, 0.25) is 0 Å². The topological polar surface area (TPSA) is 29.5 Å². The first-order chi connectivity index (χ1) is 8.10. The highest BCUT2D eigenvalue weighted by Gasteiger charge is 2.30. The van der Waals surface area contributed by atoms with Crippen molar-refractivity contribution in [3.05, 3.63) is 29.8 Å². The summed E-state index contributed by atoms with van der Waals surface area (Å²) in [6.07, 6.45) is 5.46. The standard InChI is InChI=1S/C15H22O2/c1-12(2)17-14-8-6-13(7-9-14)15(16)10-4-3-5-11-15/h6-9,12,16H,3-5,10-11H2,1-2H3. The van der Waals surface area contributed by atoms with Crippen molar-refractivity contribution < 1.29 is 9.84 Å². The second kappa shape index (κ2) is 5.09. The Morgan fingerprint density at radius 2 is 1.65 bits per heavy atom. The van der Waals surface area contributed by atoms with E-state index in [-0.39, 0.29) is 6.10 Å². The van der Waals surface area contributed by atoms with Gasteiger partial charge in [-0.2, -0.15) is 0 Å². The molecule has 1 fully saturated rings. The summed E-state index contributed by atoms with van der Waals surface area (Å²) in [6.45, 7) is 4.03. The molecule has 0 bridgehead atoms. The number of ether oxygens (including phenoxy) is 1. The number of hydrogen-bond donors (Lipinski definition) is 1. The van der Waals surface area contributed by atoms with E-state index in [2.05, 4.69) is 0 Å². The Balaban J connectivity index is 2.11. The molecular weight excluding hydrogens is 212 g/mol. The molecular formula is C15H22O2. The van der Waals surface area contributed by atoms with E-state index in [1.54, 1.807) is 0 Å². The third-order valence-electron chi connectivity index (χ3n) is 3.44. The molecule has 17 heavy (non-hydrogen) atoms. The highest BCUT2D eigenvalue weighted by atomic mass is 16.5. The van der Waals surface area contributed by atoms with Crippen LogP contribution in [0.3, 0.4) is 0 Å². The fourth-order valence-electron chi connectivity index (χ4n) is 2.54. The molecule has 1 aliphatic rings.